The van der Waals surface area contributed by atoms with E-state index < -0.39 is 17.8 Å². The van der Waals surface area contributed by atoms with Gasteiger partial charge in [0.2, 0.25) is 0 Å². The van der Waals surface area contributed by atoms with Crippen molar-refractivity contribution in [2.75, 3.05) is 18.5 Å². The zero-order valence-corrected chi connectivity index (χ0v) is 13.0. The number of aliphatic hydroxyl groups is 1. The van der Waals surface area contributed by atoms with Crippen LogP contribution >= 0.6 is 0 Å². The minimum atomic E-state index is -4.39. The quantitative estimate of drug-likeness (QED) is 0.708. The van der Waals surface area contributed by atoms with Crippen molar-refractivity contribution >= 4 is 17.1 Å². The monoisotopic (exact) mass is 352 g/mol. The minimum absolute atomic E-state index is 0.0847. The molecule has 0 fully saturated rings. The number of ether oxygens (including phenoxy) is 1. The number of fused-ring (bicyclic) bond motifs is 1. The lowest BCUT2D eigenvalue weighted by molar-refractivity contribution is -0.137. The van der Waals surface area contributed by atoms with Gasteiger partial charge in [-0.05, 0) is 36.4 Å². The summed E-state index contributed by atoms with van der Waals surface area (Å²) in [6, 6.07) is 11.8. The summed E-state index contributed by atoms with van der Waals surface area (Å²) in [4.78, 5) is 4.20. The molecule has 0 spiro atoms. The third kappa shape index (κ3) is 4.42. The zero-order chi connectivity index (χ0) is 17.9. The highest BCUT2D eigenvalue weighted by atomic mass is 19.4. The first-order valence-electron chi connectivity index (χ1n) is 7.49. The number of nitrogens with zero attached hydrogens (tertiary/aromatic N) is 1. The van der Waals surface area contributed by atoms with Crippen LogP contribution in [0.25, 0.3) is 11.1 Å². The average Bonchev–Trinajstić information content (AvgIpc) is 3.00. The molecule has 132 valence electrons. The van der Waals surface area contributed by atoms with Gasteiger partial charge in [-0.3, -0.25) is 0 Å². The lowest BCUT2D eigenvalue weighted by Gasteiger charge is -2.13. The Labute approximate surface area is 141 Å². The van der Waals surface area contributed by atoms with Crippen molar-refractivity contribution < 1.29 is 27.4 Å². The van der Waals surface area contributed by atoms with Gasteiger partial charge in [0, 0.05) is 6.54 Å². The molecule has 1 atom stereocenters. The molecule has 2 aromatic carbocycles. The van der Waals surface area contributed by atoms with E-state index >= 15 is 0 Å². The van der Waals surface area contributed by atoms with Gasteiger partial charge in [0.25, 0.3) is 6.01 Å². The molecule has 3 rings (SSSR count). The number of aliphatic hydroxyl groups excluding tert-OH is 1. The van der Waals surface area contributed by atoms with Crippen molar-refractivity contribution in [2.45, 2.75) is 12.3 Å². The third-order valence-electron chi connectivity index (χ3n) is 3.41. The Hall–Kier alpha value is -2.74. The van der Waals surface area contributed by atoms with Gasteiger partial charge in [0.15, 0.2) is 5.58 Å². The minimum Gasteiger partial charge on any atom is -0.491 e. The number of nitrogens with one attached hydrogen (secondary N) is 1. The van der Waals surface area contributed by atoms with E-state index in [9.17, 15) is 18.3 Å². The standard InChI is InChI=1S/C17H15F3N2O3/c18-17(19,20)11-5-7-13(8-6-11)24-10-12(23)9-21-16-22-14-3-1-2-4-15(14)25-16/h1-8,12,23H,9-10H2,(H,21,22). The van der Waals surface area contributed by atoms with E-state index in [4.69, 9.17) is 9.15 Å². The van der Waals surface area contributed by atoms with E-state index in [2.05, 4.69) is 10.3 Å². The Morgan fingerprint density at radius 3 is 2.52 bits per heavy atom. The summed E-state index contributed by atoms with van der Waals surface area (Å²) in [5, 5.41) is 12.7. The molecule has 0 aliphatic heterocycles. The summed E-state index contributed by atoms with van der Waals surface area (Å²) in [5.41, 5.74) is 0.569. The number of rotatable bonds is 6. The maximum atomic E-state index is 12.5. The summed E-state index contributed by atoms with van der Waals surface area (Å²) < 4.78 is 48.1. The molecule has 0 amide bonds. The fourth-order valence-electron chi connectivity index (χ4n) is 2.14. The van der Waals surface area contributed by atoms with Crippen LogP contribution in [0.5, 0.6) is 5.75 Å². The summed E-state index contributed by atoms with van der Waals surface area (Å²) in [6.07, 6.45) is -5.28. The Kier molecular flexibility index (Phi) is 4.80. The summed E-state index contributed by atoms with van der Waals surface area (Å²) in [5.74, 6) is 0.244. The summed E-state index contributed by atoms with van der Waals surface area (Å²) >= 11 is 0. The second kappa shape index (κ2) is 7.02. The highest BCUT2D eigenvalue weighted by molar-refractivity contribution is 5.74. The van der Waals surface area contributed by atoms with Gasteiger partial charge < -0.3 is 19.6 Å². The number of benzene rings is 2. The van der Waals surface area contributed by atoms with Crippen LogP contribution in [0.1, 0.15) is 5.56 Å². The fourth-order valence-corrected chi connectivity index (χ4v) is 2.14. The van der Waals surface area contributed by atoms with Crippen molar-refractivity contribution in [3.05, 3.63) is 54.1 Å². The normalized spacial score (nSPS) is 13.0. The number of aromatic nitrogens is 1. The van der Waals surface area contributed by atoms with Gasteiger partial charge in [-0.2, -0.15) is 18.2 Å². The van der Waals surface area contributed by atoms with Crippen LogP contribution in [0.3, 0.4) is 0 Å². The molecular weight excluding hydrogens is 337 g/mol. The molecule has 5 nitrogen and oxygen atoms in total. The first-order valence-corrected chi connectivity index (χ1v) is 7.49. The van der Waals surface area contributed by atoms with Crippen molar-refractivity contribution in [1.82, 2.24) is 4.98 Å². The van der Waals surface area contributed by atoms with E-state index in [1.165, 1.54) is 12.1 Å². The van der Waals surface area contributed by atoms with Crippen molar-refractivity contribution in [3.63, 3.8) is 0 Å². The molecule has 1 heterocycles. The maximum Gasteiger partial charge on any atom is 0.416 e. The predicted octanol–water partition coefficient (Wildman–Crippen LogP) is 3.70. The summed E-state index contributed by atoms with van der Waals surface area (Å²) in [7, 11) is 0. The molecule has 25 heavy (non-hydrogen) atoms. The third-order valence-corrected chi connectivity index (χ3v) is 3.41. The number of hydrogen-bond donors (Lipinski definition) is 2. The summed E-state index contributed by atoms with van der Waals surface area (Å²) in [6.45, 7) is 0.0338. The Morgan fingerprint density at radius 2 is 1.84 bits per heavy atom. The average molecular weight is 352 g/mol. The van der Waals surface area contributed by atoms with Crippen LogP contribution in [0.15, 0.2) is 52.9 Å². The second-order valence-corrected chi connectivity index (χ2v) is 5.35. The van der Waals surface area contributed by atoms with Crippen LogP contribution in [0.4, 0.5) is 19.2 Å². The van der Waals surface area contributed by atoms with Crippen LogP contribution in [-0.2, 0) is 6.18 Å². The lowest BCUT2D eigenvalue weighted by Crippen LogP contribution is -2.26. The van der Waals surface area contributed by atoms with E-state index in [1.807, 2.05) is 12.1 Å². The predicted molar refractivity (Wildman–Crippen MR) is 85.4 cm³/mol. The highest BCUT2D eigenvalue weighted by Crippen LogP contribution is 2.30. The van der Waals surface area contributed by atoms with Gasteiger partial charge in [-0.1, -0.05) is 12.1 Å². The Balaban J connectivity index is 1.48. The first kappa shape index (κ1) is 17.1. The van der Waals surface area contributed by atoms with Crippen molar-refractivity contribution in [2.24, 2.45) is 0 Å². The van der Waals surface area contributed by atoms with Gasteiger partial charge in [0.1, 0.15) is 24.0 Å². The van der Waals surface area contributed by atoms with Crippen molar-refractivity contribution in [1.29, 1.82) is 0 Å². The Morgan fingerprint density at radius 1 is 1.12 bits per heavy atom. The Bertz CT molecular complexity index is 798. The molecule has 0 saturated carbocycles. The SMILES string of the molecule is OC(CNc1nc2ccccc2o1)COc1ccc(C(F)(F)F)cc1. The number of alkyl halides is 3. The molecule has 0 saturated heterocycles. The van der Waals surface area contributed by atoms with Crippen LogP contribution in [0, 0.1) is 0 Å². The molecule has 8 heteroatoms. The number of oxazole rings is 1. The highest BCUT2D eigenvalue weighted by Gasteiger charge is 2.30. The van der Waals surface area contributed by atoms with E-state index in [0.29, 0.717) is 11.1 Å². The zero-order valence-electron chi connectivity index (χ0n) is 13.0. The molecule has 3 aromatic rings. The largest absolute Gasteiger partial charge is 0.491 e. The van der Waals surface area contributed by atoms with Gasteiger partial charge in [-0.25, -0.2) is 0 Å². The molecule has 1 aromatic heterocycles. The topological polar surface area (TPSA) is 67.5 Å². The van der Waals surface area contributed by atoms with E-state index in [-0.39, 0.29) is 24.9 Å². The van der Waals surface area contributed by atoms with Crippen LogP contribution in [-0.4, -0.2) is 29.3 Å². The number of anilines is 1. The van der Waals surface area contributed by atoms with Gasteiger partial charge in [-0.15, -0.1) is 0 Å². The molecule has 1 unspecified atom stereocenters. The van der Waals surface area contributed by atoms with Crippen molar-refractivity contribution in [3.8, 4) is 5.75 Å². The van der Waals surface area contributed by atoms with Crippen LogP contribution in [0.2, 0.25) is 0 Å². The number of hydrogen-bond acceptors (Lipinski definition) is 5. The second-order valence-electron chi connectivity index (χ2n) is 5.35. The molecule has 0 aliphatic rings. The lowest BCUT2D eigenvalue weighted by atomic mass is 10.2. The molecule has 0 aliphatic carbocycles. The first-order chi connectivity index (χ1) is 11.9. The number of halogens is 3. The van der Waals surface area contributed by atoms with Gasteiger partial charge >= 0.3 is 6.18 Å². The van der Waals surface area contributed by atoms with Gasteiger partial charge in [0.05, 0.1) is 5.56 Å². The molecule has 2 N–H and O–H groups in total. The molecule has 0 bridgehead atoms. The molecule has 0 radical (unpaired) electrons. The van der Waals surface area contributed by atoms with E-state index in [1.54, 1.807) is 12.1 Å². The fraction of sp³-hybridized carbons (Fsp3) is 0.235. The number of para-hydroxylation sites is 2. The van der Waals surface area contributed by atoms with E-state index in [0.717, 1.165) is 12.1 Å². The molecular formula is C17H15F3N2O3. The maximum absolute atomic E-state index is 12.5. The smallest absolute Gasteiger partial charge is 0.416 e. The van der Waals surface area contributed by atoms with Crippen LogP contribution < -0.4 is 10.1 Å².